The largest absolute Gasteiger partial charge is 0.369 e. The molecule has 2 fully saturated rings. The van der Waals surface area contributed by atoms with E-state index in [1.165, 1.54) is 38.3 Å². The first kappa shape index (κ1) is 20.9. The molecule has 6 rings (SSSR count). The van der Waals surface area contributed by atoms with Gasteiger partial charge in [-0.1, -0.05) is 13.8 Å². The highest BCUT2D eigenvalue weighted by molar-refractivity contribution is 7.19. The molecule has 172 valence electrons. The van der Waals surface area contributed by atoms with Crippen molar-refractivity contribution in [2.75, 3.05) is 13.1 Å². The number of hydrogen-bond donors (Lipinski definition) is 2. The summed E-state index contributed by atoms with van der Waals surface area (Å²) in [6.07, 6.45) is 6.01. The molecule has 1 saturated carbocycles. The van der Waals surface area contributed by atoms with Crippen molar-refractivity contribution in [3.05, 3.63) is 40.2 Å². The van der Waals surface area contributed by atoms with E-state index in [1.807, 2.05) is 15.9 Å². The quantitative estimate of drug-likeness (QED) is 0.461. The summed E-state index contributed by atoms with van der Waals surface area (Å²) in [6, 6.07) is 2.70. The van der Waals surface area contributed by atoms with Crippen molar-refractivity contribution in [1.82, 2.24) is 24.5 Å². The molecule has 3 atom stereocenters. The first-order valence-electron chi connectivity index (χ1n) is 11.8. The molecular weight excluding hydrogens is 432 g/mol. The van der Waals surface area contributed by atoms with Crippen LogP contribution in [0.2, 0.25) is 0 Å². The van der Waals surface area contributed by atoms with Gasteiger partial charge in [0.25, 0.3) is 0 Å². The SMILES string of the molecule is Cc1c(C2C[C@@H]3CC2CN3CC(N)=O)sc2[nH]c(-c3cc(C)c4ncnn4c3)c(C(C)C)c12. The minimum atomic E-state index is -0.215. The maximum absolute atomic E-state index is 11.4. The van der Waals surface area contributed by atoms with Gasteiger partial charge in [-0.05, 0) is 67.2 Å². The highest BCUT2D eigenvalue weighted by Crippen LogP contribution is 2.52. The standard InChI is InChI=1S/C25H30N6OS/c1-12(2)20-21-14(4)23(18-7-17-6-15(18)8-30(17)10-19(26)32)33-25(21)29-22(20)16-5-13(3)24-27-11-28-31(24)9-16/h5,9,11-12,15,17-18,29H,6-8,10H2,1-4H3,(H2,26,32)/t15?,17-,18?/m0/s1. The first-order chi connectivity index (χ1) is 15.8. The Kier molecular flexibility index (Phi) is 4.68. The van der Waals surface area contributed by atoms with Crippen LogP contribution in [0.15, 0.2) is 18.6 Å². The third-order valence-corrected chi connectivity index (χ3v) is 9.08. The lowest BCUT2D eigenvalue weighted by atomic mass is 9.89. The second kappa shape index (κ2) is 7.40. The van der Waals surface area contributed by atoms with Gasteiger partial charge in [0.15, 0.2) is 5.65 Å². The van der Waals surface area contributed by atoms with Gasteiger partial charge in [-0.15, -0.1) is 11.3 Å². The lowest BCUT2D eigenvalue weighted by molar-refractivity contribution is -0.119. The molecule has 0 spiro atoms. The van der Waals surface area contributed by atoms with Gasteiger partial charge in [0, 0.05) is 34.6 Å². The van der Waals surface area contributed by atoms with Crippen LogP contribution in [-0.4, -0.2) is 49.5 Å². The third kappa shape index (κ3) is 3.14. The summed E-state index contributed by atoms with van der Waals surface area (Å²) < 4.78 is 1.87. The fourth-order valence-electron chi connectivity index (χ4n) is 6.40. The maximum atomic E-state index is 11.4. The van der Waals surface area contributed by atoms with Crippen LogP contribution >= 0.6 is 11.3 Å². The second-order valence-corrected chi connectivity index (χ2v) is 11.2. The highest BCUT2D eigenvalue weighted by atomic mass is 32.1. The van der Waals surface area contributed by atoms with Gasteiger partial charge >= 0.3 is 0 Å². The number of likely N-dealkylation sites (tertiary alicyclic amines) is 1. The Bertz CT molecular complexity index is 1400. The van der Waals surface area contributed by atoms with E-state index >= 15 is 0 Å². The number of amides is 1. The van der Waals surface area contributed by atoms with Gasteiger partial charge in [0.1, 0.15) is 11.2 Å². The molecule has 1 saturated heterocycles. The molecule has 0 radical (unpaired) electrons. The number of thiophene rings is 1. The summed E-state index contributed by atoms with van der Waals surface area (Å²) >= 11 is 1.93. The molecule has 1 aliphatic heterocycles. The number of primary amides is 1. The number of rotatable bonds is 5. The number of aromatic nitrogens is 4. The van der Waals surface area contributed by atoms with E-state index in [4.69, 9.17) is 5.73 Å². The van der Waals surface area contributed by atoms with Crippen LogP contribution in [0.3, 0.4) is 0 Å². The maximum Gasteiger partial charge on any atom is 0.231 e. The van der Waals surface area contributed by atoms with E-state index in [-0.39, 0.29) is 5.91 Å². The van der Waals surface area contributed by atoms with E-state index in [2.05, 4.69) is 59.9 Å². The molecule has 2 bridgehead atoms. The molecule has 1 amide bonds. The zero-order valence-electron chi connectivity index (χ0n) is 19.6. The molecule has 2 aliphatic rings. The number of aromatic amines is 1. The monoisotopic (exact) mass is 462 g/mol. The van der Waals surface area contributed by atoms with Crippen molar-refractivity contribution < 1.29 is 4.79 Å². The number of aryl methyl sites for hydroxylation is 2. The number of piperidine rings is 1. The van der Waals surface area contributed by atoms with E-state index in [1.54, 1.807) is 6.33 Å². The predicted octanol–water partition coefficient (Wildman–Crippen LogP) is 4.34. The molecule has 5 heterocycles. The lowest BCUT2D eigenvalue weighted by Crippen LogP contribution is -2.40. The Morgan fingerprint density at radius 1 is 1.33 bits per heavy atom. The zero-order valence-corrected chi connectivity index (χ0v) is 20.4. The van der Waals surface area contributed by atoms with Crippen molar-refractivity contribution in [3.63, 3.8) is 0 Å². The minimum Gasteiger partial charge on any atom is -0.369 e. The molecule has 4 aromatic rings. The molecule has 8 heteroatoms. The Balaban J connectivity index is 1.41. The Morgan fingerprint density at radius 3 is 2.85 bits per heavy atom. The van der Waals surface area contributed by atoms with E-state index in [0.29, 0.717) is 30.3 Å². The predicted molar refractivity (Wildman–Crippen MR) is 132 cm³/mol. The third-order valence-electron chi connectivity index (χ3n) is 7.74. The summed E-state index contributed by atoms with van der Waals surface area (Å²) in [5.41, 5.74) is 12.7. The van der Waals surface area contributed by atoms with Crippen LogP contribution in [0.5, 0.6) is 0 Å². The number of nitrogens with zero attached hydrogens (tertiary/aromatic N) is 4. The average Bonchev–Trinajstić information content (AvgIpc) is 3.53. The zero-order chi connectivity index (χ0) is 23.0. The smallest absolute Gasteiger partial charge is 0.231 e. The number of carbonyl (C=O) groups is 1. The minimum absolute atomic E-state index is 0.215. The Hall–Kier alpha value is -2.71. The topological polar surface area (TPSA) is 92.3 Å². The summed E-state index contributed by atoms with van der Waals surface area (Å²) in [5.74, 6) is 1.39. The van der Waals surface area contributed by atoms with Crippen molar-refractivity contribution in [2.45, 2.75) is 58.4 Å². The van der Waals surface area contributed by atoms with Crippen LogP contribution in [0.4, 0.5) is 0 Å². The number of hydrogen-bond acceptors (Lipinski definition) is 5. The van der Waals surface area contributed by atoms with Crippen molar-refractivity contribution in [1.29, 1.82) is 0 Å². The summed E-state index contributed by atoms with van der Waals surface area (Å²) in [4.78, 5) is 24.7. The number of carbonyl (C=O) groups excluding carboxylic acids is 1. The molecule has 1 aliphatic carbocycles. The van der Waals surface area contributed by atoms with Crippen LogP contribution in [0.25, 0.3) is 27.1 Å². The molecular formula is C25H30N6OS. The lowest BCUT2D eigenvalue weighted by Gasteiger charge is -2.30. The van der Waals surface area contributed by atoms with Gasteiger partial charge in [0.05, 0.1) is 12.2 Å². The van der Waals surface area contributed by atoms with Crippen molar-refractivity contribution in [2.24, 2.45) is 11.7 Å². The summed E-state index contributed by atoms with van der Waals surface area (Å²) in [7, 11) is 0. The number of nitrogens with two attached hydrogens (primary N) is 1. The number of H-pyrrole nitrogens is 1. The van der Waals surface area contributed by atoms with Gasteiger partial charge in [-0.25, -0.2) is 9.50 Å². The van der Waals surface area contributed by atoms with E-state index < -0.39 is 0 Å². The van der Waals surface area contributed by atoms with E-state index in [0.717, 1.165) is 29.7 Å². The van der Waals surface area contributed by atoms with Gasteiger partial charge in [-0.2, -0.15) is 5.10 Å². The molecule has 7 nitrogen and oxygen atoms in total. The van der Waals surface area contributed by atoms with Gasteiger partial charge in [0.2, 0.25) is 5.91 Å². The van der Waals surface area contributed by atoms with Gasteiger partial charge in [-0.3, -0.25) is 9.69 Å². The Labute approximate surface area is 197 Å². The number of fused-ring (bicyclic) bond motifs is 4. The average molecular weight is 463 g/mol. The Morgan fingerprint density at radius 2 is 2.15 bits per heavy atom. The van der Waals surface area contributed by atoms with Crippen LogP contribution in [-0.2, 0) is 4.79 Å². The molecule has 4 aromatic heterocycles. The van der Waals surface area contributed by atoms with Crippen LogP contribution < -0.4 is 5.73 Å². The van der Waals surface area contributed by atoms with E-state index in [9.17, 15) is 4.79 Å². The first-order valence-corrected chi connectivity index (χ1v) is 12.6. The molecule has 33 heavy (non-hydrogen) atoms. The summed E-state index contributed by atoms with van der Waals surface area (Å²) in [5, 5.41) is 5.77. The second-order valence-electron chi connectivity index (χ2n) is 10.2. The van der Waals surface area contributed by atoms with Crippen LogP contribution in [0, 0.1) is 19.8 Å². The molecule has 2 unspecified atom stereocenters. The molecule has 0 aromatic carbocycles. The number of nitrogens with one attached hydrogen (secondary N) is 1. The number of pyridine rings is 1. The van der Waals surface area contributed by atoms with Crippen LogP contribution in [0.1, 0.15) is 60.1 Å². The normalized spacial score (nSPS) is 23.0. The fourth-order valence-corrected chi connectivity index (χ4v) is 7.83. The van der Waals surface area contributed by atoms with Crippen molar-refractivity contribution >= 4 is 33.1 Å². The highest BCUT2D eigenvalue weighted by Gasteiger charge is 2.46. The molecule has 3 N–H and O–H groups in total. The van der Waals surface area contributed by atoms with Crippen molar-refractivity contribution in [3.8, 4) is 11.3 Å². The van der Waals surface area contributed by atoms with Gasteiger partial charge < -0.3 is 10.7 Å². The fraction of sp³-hybridized carbons (Fsp3) is 0.480. The summed E-state index contributed by atoms with van der Waals surface area (Å²) in [6.45, 7) is 10.3.